The third-order valence-electron chi connectivity index (χ3n) is 5.61. The Kier molecular flexibility index (Phi) is 7.39. The summed E-state index contributed by atoms with van der Waals surface area (Å²) >= 11 is 0. The van der Waals surface area contributed by atoms with Crippen molar-refractivity contribution in [1.29, 1.82) is 0 Å². The molecular weight excluding hydrogens is 399 g/mol. The van der Waals surface area contributed by atoms with Crippen LogP contribution in [-0.2, 0) is 25.7 Å². The molecule has 0 bridgehead atoms. The van der Waals surface area contributed by atoms with Gasteiger partial charge in [-0.15, -0.1) is 0 Å². The molecular formula is C24H27FN2O4. The molecule has 1 saturated heterocycles. The van der Waals surface area contributed by atoms with Crippen molar-refractivity contribution < 1.29 is 23.5 Å². The Morgan fingerprint density at radius 2 is 1.90 bits per heavy atom. The van der Waals surface area contributed by atoms with E-state index < -0.39 is 30.2 Å². The Morgan fingerprint density at radius 3 is 2.65 bits per heavy atom. The van der Waals surface area contributed by atoms with Gasteiger partial charge >= 0.3 is 5.97 Å². The number of carbonyl (C=O) groups excluding carboxylic acids is 3. The van der Waals surface area contributed by atoms with Gasteiger partial charge in [0, 0.05) is 30.8 Å². The summed E-state index contributed by atoms with van der Waals surface area (Å²) in [7, 11) is 0. The van der Waals surface area contributed by atoms with Crippen LogP contribution in [-0.4, -0.2) is 30.9 Å². The normalized spacial score (nSPS) is 16.8. The van der Waals surface area contributed by atoms with Crippen LogP contribution in [0.2, 0.25) is 0 Å². The second kappa shape index (κ2) is 10.2. The number of benzene rings is 2. The van der Waals surface area contributed by atoms with Crippen molar-refractivity contribution in [3.63, 3.8) is 0 Å². The van der Waals surface area contributed by atoms with Gasteiger partial charge in [0.05, 0.1) is 5.92 Å². The number of rotatable bonds is 8. The lowest BCUT2D eigenvalue weighted by Crippen LogP contribution is -2.31. The van der Waals surface area contributed by atoms with Crippen LogP contribution in [0.5, 0.6) is 0 Å². The first-order valence-corrected chi connectivity index (χ1v) is 10.5. The molecule has 7 heteroatoms. The van der Waals surface area contributed by atoms with Gasteiger partial charge in [-0.05, 0) is 30.0 Å². The smallest absolute Gasteiger partial charge is 0.311 e. The first-order chi connectivity index (χ1) is 14.9. The molecule has 1 N–H and O–H groups in total. The third kappa shape index (κ3) is 5.48. The summed E-state index contributed by atoms with van der Waals surface area (Å²) in [5.41, 5.74) is 2.24. The van der Waals surface area contributed by atoms with Crippen molar-refractivity contribution in [3.8, 4) is 0 Å². The van der Waals surface area contributed by atoms with Crippen LogP contribution in [0.4, 0.5) is 10.1 Å². The number of amides is 2. The molecule has 0 saturated carbocycles. The highest BCUT2D eigenvalue weighted by Crippen LogP contribution is 2.33. The fourth-order valence-electron chi connectivity index (χ4n) is 3.61. The standard InChI is InChI=1S/C24H27FN2O4/c1-3-16(2)19-9-5-7-11-21(19)27-14-18(12-23(27)29)24(30)31-15-22(28)26-13-17-8-4-6-10-20(17)25/h4-11,16,18H,3,12-15H2,1-2H3,(H,26,28)/t16-,18-/m0/s1. The molecule has 2 atom stereocenters. The Bertz CT molecular complexity index is 962. The molecule has 31 heavy (non-hydrogen) atoms. The molecule has 1 fully saturated rings. The minimum absolute atomic E-state index is 0.00511. The molecule has 0 spiro atoms. The van der Waals surface area contributed by atoms with Gasteiger partial charge in [0.1, 0.15) is 5.82 Å². The van der Waals surface area contributed by atoms with Gasteiger partial charge < -0.3 is 15.0 Å². The number of ether oxygens (including phenoxy) is 1. The van der Waals surface area contributed by atoms with Gasteiger partial charge in [-0.25, -0.2) is 4.39 Å². The first kappa shape index (κ1) is 22.5. The number of para-hydroxylation sites is 1. The number of esters is 1. The monoisotopic (exact) mass is 426 g/mol. The summed E-state index contributed by atoms with van der Waals surface area (Å²) in [6, 6.07) is 13.8. The predicted molar refractivity (Wildman–Crippen MR) is 115 cm³/mol. The van der Waals surface area contributed by atoms with E-state index >= 15 is 0 Å². The van der Waals surface area contributed by atoms with E-state index in [1.54, 1.807) is 23.1 Å². The fourth-order valence-corrected chi connectivity index (χ4v) is 3.61. The molecule has 3 rings (SSSR count). The molecule has 1 heterocycles. The zero-order chi connectivity index (χ0) is 22.4. The van der Waals surface area contributed by atoms with E-state index in [0.717, 1.165) is 17.7 Å². The Morgan fingerprint density at radius 1 is 1.19 bits per heavy atom. The lowest BCUT2D eigenvalue weighted by molar-refractivity contribution is -0.152. The van der Waals surface area contributed by atoms with E-state index in [1.807, 2.05) is 24.3 Å². The van der Waals surface area contributed by atoms with Gasteiger partial charge in [0.25, 0.3) is 5.91 Å². The maximum atomic E-state index is 13.6. The second-order valence-corrected chi connectivity index (χ2v) is 7.75. The molecule has 2 aromatic rings. The van der Waals surface area contributed by atoms with Crippen LogP contribution in [0, 0.1) is 11.7 Å². The van der Waals surface area contributed by atoms with Crippen LogP contribution in [0.15, 0.2) is 48.5 Å². The summed E-state index contributed by atoms with van der Waals surface area (Å²) in [5, 5.41) is 2.52. The molecule has 0 unspecified atom stereocenters. The number of carbonyl (C=O) groups is 3. The highest BCUT2D eigenvalue weighted by Gasteiger charge is 2.37. The van der Waals surface area contributed by atoms with Gasteiger partial charge in [-0.3, -0.25) is 14.4 Å². The highest BCUT2D eigenvalue weighted by molar-refractivity contribution is 6.00. The predicted octanol–water partition coefficient (Wildman–Crippen LogP) is 3.55. The van der Waals surface area contributed by atoms with Crippen LogP contribution >= 0.6 is 0 Å². The molecule has 2 amide bonds. The van der Waals surface area contributed by atoms with Crippen LogP contribution in [0.3, 0.4) is 0 Å². The number of hydrogen-bond acceptors (Lipinski definition) is 4. The highest BCUT2D eigenvalue weighted by atomic mass is 19.1. The molecule has 2 aromatic carbocycles. The number of nitrogens with one attached hydrogen (secondary N) is 1. The van der Waals surface area contributed by atoms with E-state index in [0.29, 0.717) is 5.56 Å². The SMILES string of the molecule is CC[C@H](C)c1ccccc1N1C[C@@H](C(=O)OCC(=O)NCc2ccccc2F)CC1=O. The summed E-state index contributed by atoms with van der Waals surface area (Å²) < 4.78 is 18.7. The Hall–Kier alpha value is -3.22. The lowest BCUT2D eigenvalue weighted by atomic mass is 9.96. The van der Waals surface area contributed by atoms with E-state index in [1.165, 1.54) is 6.07 Å². The summed E-state index contributed by atoms with van der Waals surface area (Å²) in [6.45, 7) is 3.95. The average molecular weight is 426 g/mol. The van der Waals surface area contributed by atoms with Gasteiger partial charge in [-0.2, -0.15) is 0 Å². The molecule has 1 aliphatic heterocycles. The van der Waals surface area contributed by atoms with E-state index in [4.69, 9.17) is 4.74 Å². The zero-order valence-electron chi connectivity index (χ0n) is 17.8. The quantitative estimate of drug-likeness (QED) is 0.655. The maximum Gasteiger partial charge on any atom is 0.311 e. The fraction of sp³-hybridized carbons (Fsp3) is 0.375. The van der Waals surface area contributed by atoms with Crippen molar-refractivity contribution >= 4 is 23.5 Å². The largest absolute Gasteiger partial charge is 0.455 e. The molecule has 0 aliphatic carbocycles. The Labute approximate surface area is 181 Å². The van der Waals surface area contributed by atoms with Gasteiger partial charge in [-0.1, -0.05) is 50.2 Å². The second-order valence-electron chi connectivity index (χ2n) is 7.75. The van der Waals surface area contributed by atoms with Crippen molar-refractivity contribution in [2.75, 3.05) is 18.1 Å². The van der Waals surface area contributed by atoms with Crippen LogP contribution in [0.25, 0.3) is 0 Å². The van der Waals surface area contributed by atoms with Crippen molar-refractivity contribution in [1.82, 2.24) is 5.32 Å². The Balaban J connectivity index is 1.54. The van der Waals surface area contributed by atoms with Gasteiger partial charge in [0.2, 0.25) is 5.91 Å². The van der Waals surface area contributed by atoms with Crippen LogP contribution < -0.4 is 10.2 Å². The van der Waals surface area contributed by atoms with E-state index in [2.05, 4.69) is 19.2 Å². The lowest BCUT2D eigenvalue weighted by Gasteiger charge is -2.23. The molecule has 164 valence electrons. The minimum atomic E-state index is -0.628. The first-order valence-electron chi connectivity index (χ1n) is 10.5. The zero-order valence-corrected chi connectivity index (χ0v) is 17.8. The van der Waals surface area contributed by atoms with Crippen LogP contribution in [0.1, 0.15) is 43.7 Å². The van der Waals surface area contributed by atoms with Crippen molar-refractivity contribution in [2.24, 2.45) is 5.92 Å². The van der Waals surface area contributed by atoms with Crippen molar-refractivity contribution in [2.45, 2.75) is 39.2 Å². The minimum Gasteiger partial charge on any atom is -0.455 e. The summed E-state index contributed by atoms with van der Waals surface area (Å²) in [4.78, 5) is 38.6. The number of nitrogens with zero attached hydrogens (tertiary/aromatic N) is 1. The number of hydrogen-bond donors (Lipinski definition) is 1. The van der Waals surface area contributed by atoms with Gasteiger partial charge in [0.15, 0.2) is 6.61 Å². The molecule has 0 radical (unpaired) electrons. The molecule has 6 nitrogen and oxygen atoms in total. The maximum absolute atomic E-state index is 13.6. The molecule has 1 aliphatic rings. The van der Waals surface area contributed by atoms with Crippen molar-refractivity contribution in [3.05, 3.63) is 65.5 Å². The molecule has 0 aromatic heterocycles. The van der Waals surface area contributed by atoms with E-state index in [9.17, 15) is 18.8 Å². The summed E-state index contributed by atoms with van der Waals surface area (Å²) in [6.07, 6.45) is 0.983. The summed E-state index contributed by atoms with van der Waals surface area (Å²) in [5.74, 6) is -2.01. The number of anilines is 1. The topological polar surface area (TPSA) is 75.7 Å². The van der Waals surface area contributed by atoms with E-state index in [-0.39, 0.29) is 31.3 Å². The third-order valence-corrected chi connectivity index (χ3v) is 5.61. The average Bonchev–Trinajstić information content (AvgIpc) is 3.17. The number of halogens is 1.